The first-order chi connectivity index (χ1) is 11.7. The molecule has 1 aromatic carbocycles. The number of ether oxygens (including phenoxy) is 2. The maximum atomic E-state index is 12.3. The summed E-state index contributed by atoms with van der Waals surface area (Å²) in [6.45, 7) is 8.83. The van der Waals surface area contributed by atoms with Crippen LogP contribution in [0.1, 0.15) is 38.7 Å². The van der Waals surface area contributed by atoms with Crippen LogP contribution < -0.4 is 14.8 Å². The molecule has 1 aliphatic heterocycles. The first-order valence-electron chi connectivity index (χ1n) is 9.11. The lowest BCUT2D eigenvalue weighted by Crippen LogP contribution is -2.46. The SMILES string of the molecule is CCCCOc1ccc(CCC(=O)N2CCNCC2)cc1OCC. The molecule has 1 saturated heterocycles. The minimum atomic E-state index is 0.234. The predicted octanol–water partition coefficient (Wildman–Crippen LogP) is 2.63. The molecule has 0 spiro atoms. The van der Waals surface area contributed by atoms with Crippen molar-refractivity contribution in [1.82, 2.24) is 10.2 Å². The number of benzene rings is 1. The zero-order valence-electron chi connectivity index (χ0n) is 15.0. The topological polar surface area (TPSA) is 50.8 Å². The molecule has 1 N–H and O–H groups in total. The van der Waals surface area contributed by atoms with E-state index >= 15 is 0 Å². The molecule has 2 rings (SSSR count). The highest BCUT2D eigenvalue weighted by atomic mass is 16.5. The van der Waals surface area contributed by atoms with Crippen molar-refractivity contribution in [2.75, 3.05) is 39.4 Å². The van der Waals surface area contributed by atoms with E-state index < -0.39 is 0 Å². The molecule has 1 aliphatic rings. The van der Waals surface area contributed by atoms with Crippen molar-refractivity contribution in [3.8, 4) is 11.5 Å². The number of hydrogen-bond donors (Lipinski definition) is 1. The third-order valence-electron chi connectivity index (χ3n) is 4.16. The Hall–Kier alpha value is -1.75. The van der Waals surface area contributed by atoms with Gasteiger partial charge in [-0.1, -0.05) is 19.4 Å². The van der Waals surface area contributed by atoms with Gasteiger partial charge < -0.3 is 19.7 Å². The number of unbranched alkanes of at least 4 members (excludes halogenated alkanes) is 1. The summed E-state index contributed by atoms with van der Waals surface area (Å²) in [5, 5.41) is 3.27. The number of nitrogens with one attached hydrogen (secondary N) is 1. The van der Waals surface area contributed by atoms with Gasteiger partial charge >= 0.3 is 0 Å². The van der Waals surface area contributed by atoms with Crippen LogP contribution in [0, 0.1) is 0 Å². The Morgan fingerprint density at radius 1 is 1.17 bits per heavy atom. The van der Waals surface area contributed by atoms with Crippen LogP contribution in [-0.4, -0.2) is 50.2 Å². The monoisotopic (exact) mass is 334 g/mol. The van der Waals surface area contributed by atoms with Gasteiger partial charge in [-0.3, -0.25) is 4.79 Å². The molecule has 5 nitrogen and oxygen atoms in total. The van der Waals surface area contributed by atoms with Crippen molar-refractivity contribution in [1.29, 1.82) is 0 Å². The number of carbonyl (C=O) groups is 1. The van der Waals surface area contributed by atoms with Crippen molar-refractivity contribution in [2.45, 2.75) is 39.5 Å². The maximum absolute atomic E-state index is 12.3. The Bertz CT molecular complexity index is 513. The highest BCUT2D eigenvalue weighted by molar-refractivity contribution is 5.76. The Labute approximate surface area is 145 Å². The minimum absolute atomic E-state index is 0.234. The number of piperazine rings is 1. The van der Waals surface area contributed by atoms with Gasteiger partial charge in [0, 0.05) is 32.6 Å². The zero-order chi connectivity index (χ0) is 17.2. The Morgan fingerprint density at radius 3 is 2.67 bits per heavy atom. The number of rotatable bonds is 9. The Kier molecular flexibility index (Phi) is 7.89. The van der Waals surface area contributed by atoms with Gasteiger partial charge in [-0.2, -0.15) is 0 Å². The van der Waals surface area contributed by atoms with Crippen LogP contribution >= 0.6 is 0 Å². The molecule has 0 unspecified atom stereocenters. The van der Waals surface area contributed by atoms with Gasteiger partial charge in [-0.05, 0) is 37.5 Å². The van der Waals surface area contributed by atoms with E-state index in [1.165, 1.54) is 0 Å². The van der Waals surface area contributed by atoms with Gasteiger partial charge in [0.25, 0.3) is 0 Å². The van der Waals surface area contributed by atoms with Gasteiger partial charge in [0.1, 0.15) is 0 Å². The smallest absolute Gasteiger partial charge is 0.222 e. The maximum Gasteiger partial charge on any atom is 0.222 e. The number of nitrogens with zero attached hydrogens (tertiary/aromatic N) is 1. The predicted molar refractivity (Wildman–Crippen MR) is 95.8 cm³/mol. The Morgan fingerprint density at radius 2 is 1.96 bits per heavy atom. The second kappa shape index (κ2) is 10.2. The molecular weight excluding hydrogens is 304 g/mol. The fourth-order valence-electron chi connectivity index (χ4n) is 2.75. The molecule has 1 amide bonds. The van der Waals surface area contributed by atoms with Crippen molar-refractivity contribution in [2.24, 2.45) is 0 Å². The van der Waals surface area contributed by atoms with Crippen LogP contribution in [0.25, 0.3) is 0 Å². The molecule has 1 fully saturated rings. The van der Waals surface area contributed by atoms with E-state index in [1.807, 2.05) is 30.0 Å². The van der Waals surface area contributed by atoms with Gasteiger partial charge in [-0.25, -0.2) is 0 Å². The van der Waals surface area contributed by atoms with Crippen molar-refractivity contribution >= 4 is 5.91 Å². The number of amides is 1. The molecule has 5 heteroatoms. The summed E-state index contributed by atoms with van der Waals surface area (Å²) in [5.74, 6) is 1.81. The van der Waals surface area contributed by atoms with Crippen LogP contribution in [0.5, 0.6) is 11.5 Å². The van der Waals surface area contributed by atoms with E-state index in [0.717, 1.165) is 62.5 Å². The average molecular weight is 334 g/mol. The van der Waals surface area contributed by atoms with Crippen molar-refractivity contribution in [3.63, 3.8) is 0 Å². The largest absolute Gasteiger partial charge is 0.490 e. The zero-order valence-corrected chi connectivity index (χ0v) is 15.0. The van der Waals surface area contributed by atoms with E-state index in [9.17, 15) is 4.79 Å². The van der Waals surface area contributed by atoms with Gasteiger partial charge in [0.2, 0.25) is 5.91 Å². The normalized spacial score (nSPS) is 14.5. The molecule has 0 atom stereocenters. The summed E-state index contributed by atoms with van der Waals surface area (Å²) in [4.78, 5) is 14.2. The second-order valence-electron chi connectivity index (χ2n) is 6.05. The molecule has 134 valence electrons. The molecule has 0 aromatic heterocycles. The van der Waals surface area contributed by atoms with Crippen LogP contribution in [-0.2, 0) is 11.2 Å². The molecular formula is C19H30N2O3. The van der Waals surface area contributed by atoms with Crippen LogP contribution in [0.15, 0.2) is 18.2 Å². The highest BCUT2D eigenvalue weighted by Gasteiger charge is 2.16. The lowest BCUT2D eigenvalue weighted by molar-refractivity contribution is -0.131. The third kappa shape index (κ3) is 5.71. The van der Waals surface area contributed by atoms with Crippen LogP contribution in [0.4, 0.5) is 0 Å². The molecule has 0 saturated carbocycles. The Balaban J connectivity index is 1.91. The number of aryl methyl sites for hydroxylation is 1. The number of carbonyl (C=O) groups excluding carboxylic acids is 1. The third-order valence-corrected chi connectivity index (χ3v) is 4.16. The summed E-state index contributed by atoms with van der Waals surface area (Å²) in [6.07, 6.45) is 3.42. The summed E-state index contributed by atoms with van der Waals surface area (Å²) >= 11 is 0. The lowest BCUT2D eigenvalue weighted by atomic mass is 10.1. The van der Waals surface area contributed by atoms with Gasteiger partial charge in [-0.15, -0.1) is 0 Å². The fraction of sp³-hybridized carbons (Fsp3) is 0.632. The molecule has 24 heavy (non-hydrogen) atoms. The van der Waals surface area contributed by atoms with Crippen molar-refractivity contribution in [3.05, 3.63) is 23.8 Å². The fourth-order valence-corrected chi connectivity index (χ4v) is 2.75. The first-order valence-corrected chi connectivity index (χ1v) is 9.11. The van der Waals surface area contributed by atoms with Crippen molar-refractivity contribution < 1.29 is 14.3 Å². The van der Waals surface area contributed by atoms with E-state index in [-0.39, 0.29) is 5.91 Å². The van der Waals surface area contributed by atoms with Crippen LogP contribution in [0.3, 0.4) is 0 Å². The van der Waals surface area contributed by atoms with E-state index in [4.69, 9.17) is 9.47 Å². The van der Waals surface area contributed by atoms with Crippen LogP contribution in [0.2, 0.25) is 0 Å². The quantitative estimate of drug-likeness (QED) is 0.705. The molecule has 0 bridgehead atoms. The van der Waals surface area contributed by atoms with E-state index in [0.29, 0.717) is 19.6 Å². The molecule has 0 aliphatic carbocycles. The molecule has 1 heterocycles. The van der Waals surface area contributed by atoms with Gasteiger partial charge in [0.05, 0.1) is 13.2 Å². The van der Waals surface area contributed by atoms with Gasteiger partial charge in [0.15, 0.2) is 11.5 Å². The lowest BCUT2D eigenvalue weighted by Gasteiger charge is -2.27. The number of hydrogen-bond acceptors (Lipinski definition) is 4. The van der Waals surface area contributed by atoms with E-state index in [1.54, 1.807) is 0 Å². The summed E-state index contributed by atoms with van der Waals surface area (Å²) < 4.78 is 11.5. The highest BCUT2D eigenvalue weighted by Crippen LogP contribution is 2.29. The standard InChI is InChI=1S/C19H30N2O3/c1-3-5-14-24-17-8-6-16(15-18(17)23-4-2)7-9-19(22)21-12-10-20-11-13-21/h6,8,15,20H,3-5,7,9-14H2,1-2H3. The minimum Gasteiger partial charge on any atom is -0.490 e. The summed E-state index contributed by atoms with van der Waals surface area (Å²) in [6, 6.07) is 6.01. The molecule has 0 radical (unpaired) electrons. The first kappa shape index (κ1) is 18.6. The molecule has 1 aromatic rings. The average Bonchev–Trinajstić information content (AvgIpc) is 2.62. The summed E-state index contributed by atoms with van der Waals surface area (Å²) in [5.41, 5.74) is 1.12. The van der Waals surface area contributed by atoms with E-state index in [2.05, 4.69) is 12.2 Å². The summed E-state index contributed by atoms with van der Waals surface area (Å²) in [7, 11) is 0. The second-order valence-corrected chi connectivity index (χ2v) is 6.05.